The second kappa shape index (κ2) is 11.8. The van der Waals surface area contributed by atoms with Gasteiger partial charge in [0.25, 0.3) is 0 Å². The van der Waals surface area contributed by atoms with Crippen molar-refractivity contribution in [3.8, 4) is 0 Å². The molecule has 0 amide bonds. The Morgan fingerprint density at radius 2 is 0.714 bits per heavy atom. The van der Waals surface area contributed by atoms with Crippen molar-refractivity contribution in [1.82, 2.24) is 0 Å². The number of rotatable bonds is 8. The molecule has 0 aromatic heterocycles. The van der Waals surface area contributed by atoms with Crippen LogP contribution in [0.5, 0.6) is 0 Å². The van der Waals surface area contributed by atoms with E-state index in [1.165, 1.54) is 0 Å². The van der Waals surface area contributed by atoms with Gasteiger partial charge in [-0.1, -0.05) is 72.8 Å². The van der Waals surface area contributed by atoms with Crippen molar-refractivity contribution in [2.24, 2.45) is 20.0 Å². The van der Waals surface area contributed by atoms with Gasteiger partial charge in [-0.3, -0.25) is 0 Å². The summed E-state index contributed by atoms with van der Waals surface area (Å²) < 4.78 is 0. The molecule has 6 nitrogen and oxygen atoms in total. The third-order valence-electron chi connectivity index (χ3n) is 5.40. The molecule has 0 saturated carbocycles. The van der Waals surface area contributed by atoms with E-state index in [4.69, 9.17) is 0 Å². The maximum atomic E-state index is 10.8. The average molecular weight is 457 g/mol. The molecule has 4 aromatic rings. The quantitative estimate of drug-likeness (QED) is 0.212. The molecule has 0 unspecified atom stereocenters. The number of carbonyl (C=O) groups excluding carboxylic acids is 2. The van der Waals surface area contributed by atoms with Crippen LogP contribution >= 0.6 is 0 Å². The largest absolute Gasteiger partial charge is 0.240 e. The van der Waals surface area contributed by atoms with Crippen molar-refractivity contribution < 1.29 is 9.59 Å². The van der Waals surface area contributed by atoms with Crippen molar-refractivity contribution in [1.29, 1.82) is 0 Å². The second-order valence-corrected chi connectivity index (χ2v) is 7.60. The molecule has 6 heteroatoms. The topological polar surface area (TPSA) is 83.6 Å². The highest BCUT2D eigenvalue weighted by atomic mass is 16.1. The van der Waals surface area contributed by atoms with E-state index in [0.29, 0.717) is 24.2 Å². The van der Waals surface area contributed by atoms with Gasteiger partial charge in [-0.15, -0.1) is 0 Å². The van der Waals surface area contributed by atoms with Gasteiger partial charge < -0.3 is 0 Å². The first-order chi connectivity index (χ1) is 17.3. The van der Waals surface area contributed by atoms with E-state index in [9.17, 15) is 9.59 Å². The van der Waals surface area contributed by atoms with Crippen LogP contribution in [0.4, 0.5) is 22.7 Å². The van der Waals surface area contributed by atoms with E-state index >= 15 is 0 Å². The standard InChI is InChI=1S/C29H20N4O2/c34-20-32-28-15-7-3-11-24(28)17-22-9-1-5-13-26(22)30-19-31-27-14-6-2-10-23(27)18-25-12-4-8-16-29(25)33-21-35/h1-16H,17-18H2. The maximum absolute atomic E-state index is 10.8. The zero-order valence-corrected chi connectivity index (χ0v) is 18.8. The van der Waals surface area contributed by atoms with Crippen LogP contribution in [0.3, 0.4) is 0 Å². The summed E-state index contributed by atoms with van der Waals surface area (Å²) in [6.07, 6.45) is 4.32. The van der Waals surface area contributed by atoms with Crippen molar-refractivity contribution in [2.75, 3.05) is 0 Å². The van der Waals surface area contributed by atoms with Gasteiger partial charge in [-0.2, -0.15) is 20.0 Å². The van der Waals surface area contributed by atoms with E-state index < -0.39 is 0 Å². The van der Waals surface area contributed by atoms with Gasteiger partial charge >= 0.3 is 0 Å². The molecule has 0 saturated heterocycles. The fraction of sp³-hybridized carbons (Fsp3) is 0.0690. The highest BCUT2D eigenvalue weighted by Crippen LogP contribution is 2.28. The molecule has 4 aromatic carbocycles. The van der Waals surface area contributed by atoms with E-state index in [-0.39, 0.29) is 0 Å². The molecule has 0 N–H and O–H groups in total. The second-order valence-electron chi connectivity index (χ2n) is 7.60. The first kappa shape index (κ1) is 23.2. The number of hydrogen-bond donors (Lipinski definition) is 0. The zero-order chi connectivity index (χ0) is 24.3. The summed E-state index contributed by atoms with van der Waals surface area (Å²) in [5.74, 6) is 0. The molecular weight excluding hydrogens is 436 g/mol. The fourth-order valence-electron chi connectivity index (χ4n) is 3.72. The van der Waals surface area contributed by atoms with Crippen LogP contribution in [0, 0.1) is 0 Å². The van der Waals surface area contributed by atoms with E-state index in [0.717, 1.165) is 33.6 Å². The summed E-state index contributed by atoms with van der Waals surface area (Å²) in [7, 11) is 0. The van der Waals surface area contributed by atoms with Gasteiger partial charge in [-0.05, 0) is 46.5 Å². The minimum atomic E-state index is 0.549. The van der Waals surface area contributed by atoms with Gasteiger partial charge in [0, 0.05) is 12.8 Å². The monoisotopic (exact) mass is 456 g/mol. The number of benzene rings is 4. The van der Waals surface area contributed by atoms with Crippen LogP contribution in [0.25, 0.3) is 0 Å². The maximum Gasteiger partial charge on any atom is 0.240 e. The molecule has 35 heavy (non-hydrogen) atoms. The van der Waals surface area contributed by atoms with Crippen molar-refractivity contribution in [3.05, 3.63) is 119 Å². The third kappa shape index (κ3) is 6.08. The fourth-order valence-corrected chi connectivity index (χ4v) is 3.72. The molecule has 0 spiro atoms. The Morgan fingerprint density at radius 3 is 1.03 bits per heavy atom. The molecule has 0 atom stereocenters. The van der Waals surface area contributed by atoms with Crippen LogP contribution in [0.15, 0.2) is 117 Å². The summed E-state index contributed by atoms with van der Waals surface area (Å²) in [5, 5.41) is 0. The highest BCUT2D eigenvalue weighted by molar-refractivity contribution is 5.64. The Morgan fingerprint density at radius 1 is 0.429 bits per heavy atom. The van der Waals surface area contributed by atoms with Crippen LogP contribution in [-0.4, -0.2) is 18.2 Å². The minimum absolute atomic E-state index is 0.549. The summed E-state index contributed by atoms with van der Waals surface area (Å²) >= 11 is 0. The Labute approximate surface area is 202 Å². The Balaban J connectivity index is 1.62. The predicted octanol–water partition coefficient (Wildman–Crippen LogP) is 6.94. The molecule has 0 radical (unpaired) electrons. The molecule has 0 fully saturated rings. The smallest absolute Gasteiger partial charge is 0.211 e. The van der Waals surface area contributed by atoms with Crippen LogP contribution < -0.4 is 0 Å². The van der Waals surface area contributed by atoms with Crippen LogP contribution in [-0.2, 0) is 22.4 Å². The van der Waals surface area contributed by atoms with Crippen molar-refractivity contribution >= 4 is 40.9 Å². The first-order valence-electron chi connectivity index (χ1n) is 10.9. The predicted molar refractivity (Wildman–Crippen MR) is 136 cm³/mol. The van der Waals surface area contributed by atoms with Crippen LogP contribution in [0.1, 0.15) is 22.3 Å². The van der Waals surface area contributed by atoms with Crippen molar-refractivity contribution in [3.63, 3.8) is 0 Å². The SMILES string of the molecule is O=C=Nc1ccccc1Cc1ccccc1N=C=Nc1ccccc1Cc1ccccc1N=C=O. The summed E-state index contributed by atoms with van der Waals surface area (Å²) in [5.41, 5.74) is 6.34. The van der Waals surface area contributed by atoms with Gasteiger partial charge in [-0.25, -0.2) is 9.59 Å². The summed E-state index contributed by atoms with van der Waals surface area (Å²) in [6.45, 7) is 0. The van der Waals surface area contributed by atoms with Crippen molar-refractivity contribution in [2.45, 2.75) is 12.8 Å². The lowest BCUT2D eigenvalue weighted by atomic mass is 10.0. The molecule has 0 aliphatic heterocycles. The highest BCUT2D eigenvalue weighted by Gasteiger charge is 2.07. The molecule has 0 bridgehead atoms. The summed E-state index contributed by atoms with van der Waals surface area (Å²) in [6, 6.07) is 33.1. The first-order valence-corrected chi connectivity index (χ1v) is 10.9. The van der Waals surface area contributed by atoms with Gasteiger partial charge in [0.15, 0.2) is 0 Å². The number of para-hydroxylation sites is 4. The Kier molecular flexibility index (Phi) is 7.79. The lowest BCUT2D eigenvalue weighted by Gasteiger charge is -2.07. The lowest BCUT2D eigenvalue weighted by Crippen LogP contribution is -1.90. The number of isocyanates is 2. The lowest BCUT2D eigenvalue weighted by molar-refractivity contribution is 0.564. The average Bonchev–Trinajstić information content (AvgIpc) is 2.89. The van der Waals surface area contributed by atoms with Gasteiger partial charge in [0.05, 0.1) is 22.7 Å². The zero-order valence-electron chi connectivity index (χ0n) is 18.8. The van der Waals surface area contributed by atoms with E-state index in [1.807, 2.05) is 84.9 Å². The third-order valence-corrected chi connectivity index (χ3v) is 5.40. The molecule has 0 heterocycles. The molecule has 168 valence electrons. The van der Waals surface area contributed by atoms with E-state index in [2.05, 4.69) is 26.0 Å². The Hall–Kier alpha value is -4.98. The molecule has 0 aliphatic rings. The molecular formula is C29H20N4O2. The molecule has 4 rings (SSSR count). The normalized spacial score (nSPS) is 9.83. The number of hydrogen-bond acceptors (Lipinski definition) is 6. The number of nitrogens with zero attached hydrogens (tertiary/aromatic N) is 4. The van der Waals surface area contributed by atoms with Gasteiger partial charge in [0.2, 0.25) is 12.2 Å². The molecule has 0 aliphatic carbocycles. The number of aliphatic imine (C=N–C) groups is 4. The van der Waals surface area contributed by atoms with Crippen LogP contribution in [0.2, 0.25) is 0 Å². The Bertz CT molecular complexity index is 1400. The minimum Gasteiger partial charge on any atom is -0.211 e. The van der Waals surface area contributed by atoms with Gasteiger partial charge in [0.1, 0.15) is 6.01 Å². The van der Waals surface area contributed by atoms with E-state index in [1.54, 1.807) is 24.3 Å². The summed E-state index contributed by atoms with van der Waals surface area (Å²) in [4.78, 5) is 38.1.